The van der Waals surface area contributed by atoms with Gasteiger partial charge in [0.25, 0.3) is 0 Å². The van der Waals surface area contributed by atoms with Crippen LogP contribution in [-0.4, -0.2) is 22.5 Å². The van der Waals surface area contributed by atoms with Gasteiger partial charge in [-0.05, 0) is 19.1 Å². The summed E-state index contributed by atoms with van der Waals surface area (Å²) in [5, 5.41) is 0. The topological polar surface area (TPSA) is 81.0 Å². The summed E-state index contributed by atoms with van der Waals surface area (Å²) < 4.78 is 4.86. The number of anilines is 1. The predicted octanol–water partition coefficient (Wildman–Crippen LogP) is 1.32. The molecule has 0 aliphatic heterocycles. The first kappa shape index (κ1) is 9.51. The Morgan fingerprint density at radius 1 is 1.60 bits per heavy atom. The van der Waals surface area contributed by atoms with Crippen molar-refractivity contribution in [3.05, 3.63) is 24.0 Å². The lowest BCUT2D eigenvalue weighted by Gasteiger charge is -1.96. The van der Waals surface area contributed by atoms with Crippen molar-refractivity contribution in [2.75, 3.05) is 12.3 Å². The van der Waals surface area contributed by atoms with Crippen LogP contribution in [-0.2, 0) is 4.74 Å². The van der Waals surface area contributed by atoms with Crippen LogP contribution >= 0.6 is 0 Å². The van der Waals surface area contributed by atoms with Crippen LogP contribution in [0.4, 0.5) is 5.69 Å². The standard InChI is InChI=1S/C10H11N3O2/c1-2-15-10(14)9-4-7-8(13-9)3-6(11)5-12-7/h3-5,13H,2,11H2,1H3. The minimum atomic E-state index is -0.380. The van der Waals surface area contributed by atoms with Gasteiger partial charge >= 0.3 is 5.97 Å². The van der Waals surface area contributed by atoms with E-state index in [1.807, 2.05) is 0 Å². The van der Waals surface area contributed by atoms with E-state index in [9.17, 15) is 4.79 Å². The van der Waals surface area contributed by atoms with Gasteiger partial charge in [0.1, 0.15) is 5.69 Å². The Bertz CT molecular complexity index is 504. The number of hydrogen-bond acceptors (Lipinski definition) is 4. The molecule has 0 aliphatic rings. The van der Waals surface area contributed by atoms with Crippen molar-refractivity contribution in [2.45, 2.75) is 6.92 Å². The molecule has 0 fully saturated rings. The molecular formula is C10H11N3O2. The first-order valence-corrected chi connectivity index (χ1v) is 4.62. The third-order valence-electron chi connectivity index (χ3n) is 1.99. The van der Waals surface area contributed by atoms with Crippen molar-refractivity contribution >= 4 is 22.7 Å². The summed E-state index contributed by atoms with van der Waals surface area (Å²) in [4.78, 5) is 18.4. The lowest BCUT2D eigenvalue weighted by molar-refractivity contribution is 0.0520. The molecule has 0 saturated heterocycles. The van der Waals surface area contributed by atoms with Gasteiger partial charge in [0.15, 0.2) is 0 Å². The van der Waals surface area contributed by atoms with E-state index < -0.39 is 0 Å². The maximum atomic E-state index is 11.4. The minimum Gasteiger partial charge on any atom is -0.461 e. The van der Waals surface area contributed by atoms with Gasteiger partial charge in [0.2, 0.25) is 0 Å². The van der Waals surface area contributed by atoms with Gasteiger partial charge in [-0.15, -0.1) is 0 Å². The van der Waals surface area contributed by atoms with Gasteiger partial charge in [0.05, 0.1) is 29.5 Å². The maximum absolute atomic E-state index is 11.4. The fourth-order valence-corrected chi connectivity index (χ4v) is 1.34. The van der Waals surface area contributed by atoms with Crippen molar-refractivity contribution in [1.82, 2.24) is 9.97 Å². The van der Waals surface area contributed by atoms with E-state index in [1.165, 1.54) is 0 Å². The van der Waals surface area contributed by atoms with Gasteiger partial charge in [-0.1, -0.05) is 0 Å². The van der Waals surface area contributed by atoms with E-state index >= 15 is 0 Å². The van der Waals surface area contributed by atoms with E-state index in [0.29, 0.717) is 23.5 Å². The zero-order valence-electron chi connectivity index (χ0n) is 8.28. The number of pyridine rings is 1. The number of nitrogen functional groups attached to an aromatic ring is 1. The van der Waals surface area contributed by atoms with Gasteiger partial charge in [-0.3, -0.25) is 4.98 Å². The minimum absolute atomic E-state index is 0.351. The summed E-state index contributed by atoms with van der Waals surface area (Å²) in [7, 11) is 0. The van der Waals surface area contributed by atoms with Crippen LogP contribution < -0.4 is 5.73 Å². The van der Waals surface area contributed by atoms with Crippen molar-refractivity contribution in [1.29, 1.82) is 0 Å². The number of ether oxygens (including phenoxy) is 1. The molecule has 0 aromatic carbocycles. The second-order valence-corrected chi connectivity index (χ2v) is 3.10. The van der Waals surface area contributed by atoms with E-state index in [1.54, 1.807) is 25.3 Å². The lowest BCUT2D eigenvalue weighted by atomic mass is 10.3. The molecule has 78 valence electrons. The quantitative estimate of drug-likeness (QED) is 0.724. The zero-order chi connectivity index (χ0) is 10.8. The average Bonchev–Trinajstić information content (AvgIpc) is 2.60. The van der Waals surface area contributed by atoms with Gasteiger partial charge in [0, 0.05) is 0 Å². The molecule has 0 saturated carbocycles. The number of esters is 1. The molecule has 15 heavy (non-hydrogen) atoms. The lowest BCUT2D eigenvalue weighted by Crippen LogP contribution is -2.04. The molecule has 3 N–H and O–H groups in total. The number of aromatic amines is 1. The van der Waals surface area contributed by atoms with Gasteiger partial charge in [-0.2, -0.15) is 0 Å². The third-order valence-corrected chi connectivity index (χ3v) is 1.99. The Kier molecular flexibility index (Phi) is 2.29. The van der Waals surface area contributed by atoms with E-state index in [-0.39, 0.29) is 5.97 Å². The van der Waals surface area contributed by atoms with Crippen molar-refractivity contribution in [3.8, 4) is 0 Å². The van der Waals surface area contributed by atoms with Gasteiger partial charge < -0.3 is 15.5 Å². The highest BCUT2D eigenvalue weighted by atomic mass is 16.5. The normalized spacial score (nSPS) is 10.5. The molecule has 5 nitrogen and oxygen atoms in total. The summed E-state index contributed by atoms with van der Waals surface area (Å²) in [6.07, 6.45) is 1.55. The van der Waals surface area contributed by atoms with Crippen LogP contribution in [0.2, 0.25) is 0 Å². The Morgan fingerprint density at radius 3 is 3.13 bits per heavy atom. The Labute approximate surface area is 86.3 Å². The Balaban J connectivity index is 2.42. The third kappa shape index (κ3) is 1.76. The van der Waals surface area contributed by atoms with Crippen molar-refractivity contribution in [3.63, 3.8) is 0 Å². The maximum Gasteiger partial charge on any atom is 0.354 e. The van der Waals surface area contributed by atoms with E-state index in [2.05, 4.69) is 9.97 Å². The first-order valence-electron chi connectivity index (χ1n) is 4.62. The second kappa shape index (κ2) is 3.61. The molecule has 5 heteroatoms. The summed E-state index contributed by atoms with van der Waals surface area (Å²) in [6, 6.07) is 3.37. The number of rotatable bonds is 2. The van der Waals surface area contributed by atoms with Crippen LogP contribution in [0.3, 0.4) is 0 Å². The number of fused-ring (bicyclic) bond motifs is 1. The molecule has 0 spiro atoms. The Morgan fingerprint density at radius 2 is 2.40 bits per heavy atom. The number of nitrogens with zero attached hydrogens (tertiary/aromatic N) is 1. The first-order chi connectivity index (χ1) is 7.20. The van der Waals surface area contributed by atoms with Gasteiger partial charge in [-0.25, -0.2) is 4.79 Å². The predicted molar refractivity (Wildman–Crippen MR) is 56.5 cm³/mol. The highest BCUT2D eigenvalue weighted by molar-refractivity contribution is 5.94. The zero-order valence-corrected chi connectivity index (χ0v) is 8.28. The average molecular weight is 205 g/mol. The molecule has 0 radical (unpaired) electrons. The van der Waals surface area contributed by atoms with Crippen LogP contribution in [0.5, 0.6) is 0 Å². The molecule has 0 amide bonds. The molecule has 2 heterocycles. The highest BCUT2D eigenvalue weighted by Crippen LogP contribution is 2.15. The molecular weight excluding hydrogens is 194 g/mol. The molecule has 2 aromatic heterocycles. The summed E-state index contributed by atoms with van der Waals surface area (Å²) in [5.41, 5.74) is 7.95. The van der Waals surface area contributed by atoms with Crippen LogP contribution in [0.25, 0.3) is 11.0 Å². The fraction of sp³-hybridized carbons (Fsp3) is 0.200. The van der Waals surface area contributed by atoms with E-state index in [4.69, 9.17) is 10.5 Å². The van der Waals surface area contributed by atoms with Crippen LogP contribution in [0.15, 0.2) is 18.3 Å². The number of carbonyl (C=O) groups excluding carboxylic acids is 1. The number of H-pyrrole nitrogens is 1. The van der Waals surface area contributed by atoms with Crippen molar-refractivity contribution < 1.29 is 9.53 Å². The van der Waals surface area contributed by atoms with E-state index in [0.717, 1.165) is 5.52 Å². The second-order valence-electron chi connectivity index (χ2n) is 3.10. The largest absolute Gasteiger partial charge is 0.461 e. The number of hydrogen-bond donors (Lipinski definition) is 2. The van der Waals surface area contributed by atoms with Crippen molar-refractivity contribution in [2.24, 2.45) is 0 Å². The summed E-state index contributed by atoms with van der Waals surface area (Å²) in [5.74, 6) is -0.380. The summed E-state index contributed by atoms with van der Waals surface area (Å²) >= 11 is 0. The highest BCUT2D eigenvalue weighted by Gasteiger charge is 2.10. The molecule has 0 bridgehead atoms. The smallest absolute Gasteiger partial charge is 0.354 e. The van der Waals surface area contributed by atoms with Crippen LogP contribution in [0.1, 0.15) is 17.4 Å². The SMILES string of the molecule is CCOC(=O)c1cc2ncc(N)cc2[nH]1. The molecule has 0 atom stereocenters. The Hall–Kier alpha value is -2.04. The number of carbonyl (C=O) groups is 1. The number of nitrogens with two attached hydrogens (primary N) is 1. The molecule has 2 rings (SSSR count). The molecule has 0 aliphatic carbocycles. The molecule has 2 aromatic rings. The number of nitrogens with one attached hydrogen (secondary N) is 1. The molecule has 0 unspecified atom stereocenters. The summed E-state index contributed by atoms with van der Waals surface area (Å²) in [6.45, 7) is 2.11. The number of aromatic nitrogens is 2. The fourth-order valence-electron chi connectivity index (χ4n) is 1.34. The van der Waals surface area contributed by atoms with Crippen LogP contribution in [0, 0.1) is 0 Å². The monoisotopic (exact) mass is 205 g/mol.